The molecule has 1 saturated heterocycles. The van der Waals surface area contributed by atoms with Crippen molar-refractivity contribution in [3.63, 3.8) is 0 Å². The van der Waals surface area contributed by atoms with Crippen molar-refractivity contribution in [3.05, 3.63) is 35.4 Å². The molecule has 2 rings (SSSR count). The maximum atomic E-state index is 8.76. The Labute approximate surface area is 158 Å². The first kappa shape index (κ1) is 24.7. The fourth-order valence-corrected chi connectivity index (χ4v) is 2.69. The van der Waals surface area contributed by atoms with Crippen LogP contribution in [0, 0.1) is 11.3 Å². The lowest BCUT2D eigenvalue weighted by atomic mass is 10.0. The van der Waals surface area contributed by atoms with Gasteiger partial charge in [-0.25, -0.2) is 0 Å². The van der Waals surface area contributed by atoms with E-state index in [1.807, 2.05) is 24.3 Å². The van der Waals surface area contributed by atoms with Crippen LogP contribution in [0.3, 0.4) is 0 Å². The zero-order chi connectivity index (χ0) is 14.4. The number of rotatable bonds is 6. The number of likely N-dealkylation sites (N-methyl/N-ethyl adjacent to an activating group) is 1. The van der Waals surface area contributed by atoms with Gasteiger partial charge in [0.25, 0.3) is 0 Å². The Morgan fingerprint density at radius 3 is 2.48 bits per heavy atom. The lowest BCUT2D eigenvalue weighted by Crippen LogP contribution is -2.35. The lowest BCUT2D eigenvalue weighted by molar-refractivity contribution is 0.395. The summed E-state index contributed by atoms with van der Waals surface area (Å²) in [6, 6.07) is 10.6. The van der Waals surface area contributed by atoms with Gasteiger partial charge in [0, 0.05) is 18.6 Å². The first-order chi connectivity index (χ1) is 9.67. The molecule has 23 heavy (non-hydrogen) atoms. The van der Waals surface area contributed by atoms with E-state index >= 15 is 0 Å². The molecule has 1 heterocycles. The van der Waals surface area contributed by atoms with Crippen LogP contribution in [0.15, 0.2) is 24.3 Å². The van der Waals surface area contributed by atoms with E-state index in [0.717, 1.165) is 25.9 Å². The topological polar surface area (TPSA) is 65.1 Å². The monoisotopic (exact) mass is 380 g/mol. The molecule has 0 aromatic heterocycles. The molecule has 0 spiro atoms. The van der Waals surface area contributed by atoms with Gasteiger partial charge in [0.15, 0.2) is 0 Å². The molecule has 1 fully saturated rings. The van der Waals surface area contributed by atoms with Crippen molar-refractivity contribution in [1.82, 2.24) is 10.2 Å². The van der Waals surface area contributed by atoms with Gasteiger partial charge in [0.1, 0.15) is 0 Å². The summed E-state index contributed by atoms with van der Waals surface area (Å²) < 4.78 is 0. The van der Waals surface area contributed by atoms with E-state index in [9.17, 15) is 0 Å². The molecule has 0 unspecified atom stereocenters. The first-order valence-electron chi connectivity index (χ1n) is 7.34. The summed E-state index contributed by atoms with van der Waals surface area (Å²) in [5, 5.41) is 12.3. The molecule has 0 saturated carbocycles. The zero-order valence-corrected chi connectivity index (χ0v) is 15.9. The molecule has 1 aliphatic heterocycles. The highest BCUT2D eigenvalue weighted by atomic mass is 35.5. The standard InChI is InChI=1S/C16H24N4.3ClH/c1-20-9-7-16(12-20)19-8-6-15(18)10-13-2-4-14(11-17)5-3-13;;;/h2-5,15-16,19H,6-10,12,18H2,1H3;3*1H/t15-,16-;;;/m0.../s1. The van der Waals surface area contributed by atoms with E-state index in [0.29, 0.717) is 11.6 Å². The molecule has 1 aromatic rings. The van der Waals surface area contributed by atoms with Crippen molar-refractivity contribution in [2.75, 3.05) is 26.7 Å². The molecule has 1 aromatic carbocycles. The van der Waals surface area contributed by atoms with Gasteiger partial charge < -0.3 is 16.0 Å². The van der Waals surface area contributed by atoms with Gasteiger partial charge in [-0.15, -0.1) is 37.2 Å². The Bertz CT molecular complexity index is 461. The van der Waals surface area contributed by atoms with E-state index in [1.54, 1.807) is 0 Å². The van der Waals surface area contributed by atoms with Crippen molar-refractivity contribution < 1.29 is 0 Å². The van der Waals surface area contributed by atoms with Crippen LogP contribution in [0.2, 0.25) is 0 Å². The Balaban J connectivity index is 0. The summed E-state index contributed by atoms with van der Waals surface area (Å²) in [5.41, 5.74) is 8.08. The smallest absolute Gasteiger partial charge is 0.0991 e. The quantitative estimate of drug-likeness (QED) is 0.794. The van der Waals surface area contributed by atoms with E-state index in [1.165, 1.54) is 18.5 Å². The van der Waals surface area contributed by atoms with Crippen LogP contribution in [-0.4, -0.2) is 43.7 Å². The number of nitriles is 1. The number of likely N-dealkylation sites (tertiary alicyclic amines) is 1. The second-order valence-corrected chi connectivity index (χ2v) is 5.76. The average molecular weight is 382 g/mol. The third-order valence-electron chi connectivity index (χ3n) is 3.92. The molecule has 3 N–H and O–H groups in total. The Morgan fingerprint density at radius 2 is 1.96 bits per heavy atom. The Hall–Kier alpha value is -0.540. The fraction of sp³-hybridized carbons (Fsp3) is 0.562. The summed E-state index contributed by atoms with van der Waals surface area (Å²) in [7, 11) is 2.16. The Morgan fingerprint density at radius 1 is 1.30 bits per heavy atom. The van der Waals surface area contributed by atoms with Gasteiger partial charge in [0.2, 0.25) is 0 Å². The first-order valence-corrected chi connectivity index (χ1v) is 7.34. The van der Waals surface area contributed by atoms with Crippen LogP contribution in [0.4, 0.5) is 0 Å². The van der Waals surface area contributed by atoms with Crippen LogP contribution in [0.25, 0.3) is 0 Å². The van der Waals surface area contributed by atoms with E-state index in [2.05, 4.69) is 23.3 Å². The number of benzene rings is 1. The number of halogens is 3. The predicted octanol–water partition coefficient (Wildman–Crippen LogP) is 2.38. The van der Waals surface area contributed by atoms with Gasteiger partial charge in [-0.05, 0) is 57.1 Å². The van der Waals surface area contributed by atoms with Crippen molar-refractivity contribution in [3.8, 4) is 6.07 Å². The largest absolute Gasteiger partial charge is 0.327 e. The molecule has 4 nitrogen and oxygen atoms in total. The molecule has 132 valence electrons. The van der Waals surface area contributed by atoms with Crippen LogP contribution in [-0.2, 0) is 6.42 Å². The lowest BCUT2D eigenvalue weighted by Gasteiger charge is -2.16. The van der Waals surface area contributed by atoms with Crippen LogP contribution in [0.5, 0.6) is 0 Å². The number of hydrogen-bond acceptors (Lipinski definition) is 4. The van der Waals surface area contributed by atoms with E-state index < -0.39 is 0 Å². The molecule has 2 atom stereocenters. The number of nitrogens with zero attached hydrogens (tertiary/aromatic N) is 2. The van der Waals surface area contributed by atoms with E-state index in [-0.39, 0.29) is 43.3 Å². The van der Waals surface area contributed by atoms with Crippen LogP contribution >= 0.6 is 37.2 Å². The Kier molecular flexibility index (Phi) is 13.8. The highest BCUT2D eigenvalue weighted by Gasteiger charge is 2.18. The molecule has 7 heteroatoms. The third-order valence-corrected chi connectivity index (χ3v) is 3.92. The summed E-state index contributed by atoms with van der Waals surface area (Å²) in [5.74, 6) is 0. The van der Waals surface area contributed by atoms with E-state index in [4.69, 9.17) is 11.0 Å². The predicted molar refractivity (Wildman–Crippen MR) is 103 cm³/mol. The van der Waals surface area contributed by atoms with Gasteiger partial charge in [0.05, 0.1) is 11.6 Å². The molecule has 0 bridgehead atoms. The minimum absolute atomic E-state index is 0. The van der Waals surface area contributed by atoms with Gasteiger partial charge >= 0.3 is 0 Å². The van der Waals surface area contributed by atoms with Crippen molar-refractivity contribution >= 4 is 37.2 Å². The fourth-order valence-electron chi connectivity index (χ4n) is 2.69. The summed E-state index contributed by atoms with van der Waals surface area (Å²) in [4.78, 5) is 2.36. The van der Waals surface area contributed by atoms with Gasteiger partial charge in [-0.2, -0.15) is 5.26 Å². The molecule has 0 amide bonds. The highest BCUT2D eigenvalue weighted by molar-refractivity contribution is 5.86. The molecular weight excluding hydrogens is 355 g/mol. The maximum absolute atomic E-state index is 8.76. The average Bonchev–Trinajstić information content (AvgIpc) is 2.85. The minimum Gasteiger partial charge on any atom is -0.327 e. The van der Waals surface area contributed by atoms with Crippen molar-refractivity contribution in [2.24, 2.45) is 5.73 Å². The summed E-state index contributed by atoms with van der Waals surface area (Å²) in [6.45, 7) is 3.32. The number of nitrogens with two attached hydrogens (primary N) is 1. The van der Waals surface area contributed by atoms with Crippen LogP contribution in [0.1, 0.15) is 24.0 Å². The van der Waals surface area contributed by atoms with Crippen molar-refractivity contribution in [1.29, 1.82) is 5.26 Å². The minimum atomic E-state index is 0. The van der Waals surface area contributed by atoms with Gasteiger partial charge in [-0.3, -0.25) is 0 Å². The normalized spacial score (nSPS) is 18.0. The van der Waals surface area contributed by atoms with Crippen molar-refractivity contribution in [2.45, 2.75) is 31.3 Å². The second-order valence-electron chi connectivity index (χ2n) is 5.76. The summed E-state index contributed by atoms with van der Waals surface area (Å²) >= 11 is 0. The van der Waals surface area contributed by atoms with Crippen LogP contribution < -0.4 is 11.1 Å². The molecule has 1 aliphatic rings. The SMILES string of the molecule is CN1CC[C@H](NCC[C@H](N)Cc2ccc(C#N)cc2)C1.Cl.Cl.Cl. The maximum Gasteiger partial charge on any atom is 0.0991 e. The molecule has 0 radical (unpaired) electrons. The zero-order valence-electron chi connectivity index (χ0n) is 13.4. The second kappa shape index (κ2) is 12.8. The van der Waals surface area contributed by atoms with Gasteiger partial charge in [-0.1, -0.05) is 12.1 Å². The highest BCUT2D eigenvalue weighted by Crippen LogP contribution is 2.08. The molecule has 0 aliphatic carbocycles. The summed E-state index contributed by atoms with van der Waals surface area (Å²) in [6.07, 6.45) is 3.10. The third kappa shape index (κ3) is 8.76. The number of hydrogen-bond donors (Lipinski definition) is 2. The number of nitrogens with one attached hydrogen (secondary N) is 1. The molecular formula is C16H27Cl3N4.